The van der Waals surface area contributed by atoms with Gasteiger partial charge in [0.2, 0.25) is 5.91 Å². The Balaban J connectivity index is 2.05. The minimum absolute atomic E-state index is 0.168. The molecule has 22 heavy (non-hydrogen) atoms. The molecule has 0 bridgehead atoms. The standard InChI is InChI=1S/C13H12F2N2O3S2/c1-22(19,20)5-4-12(18)17-13-16-11(7-21-13)8-2-3-9(14)10(15)6-8/h2-3,6-7H,4-5H2,1H3,(H,16,17,18). The molecule has 0 saturated heterocycles. The van der Waals surface area contributed by atoms with Gasteiger partial charge in [-0.3, -0.25) is 4.79 Å². The molecule has 1 heterocycles. The Morgan fingerprint density at radius 2 is 2.05 bits per heavy atom. The number of benzene rings is 1. The van der Waals surface area contributed by atoms with Crippen LogP contribution < -0.4 is 5.32 Å². The summed E-state index contributed by atoms with van der Waals surface area (Å²) in [5.74, 6) is -2.66. The molecule has 0 saturated carbocycles. The van der Waals surface area contributed by atoms with Crippen molar-refractivity contribution in [2.24, 2.45) is 0 Å². The number of sulfone groups is 1. The third-order valence-corrected chi connectivity index (χ3v) is 4.37. The summed E-state index contributed by atoms with van der Waals surface area (Å²) in [5, 5.41) is 4.31. The Labute approximate surface area is 129 Å². The number of nitrogens with zero attached hydrogens (tertiary/aromatic N) is 1. The van der Waals surface area contributed by atoms with Gasteiger partial charge < -0.3 is 5.32 Å². The Kier molecular flexibility index (Phi) is 4.87. The van der Waals surface area contributed by atoms with Gasteiger partial charge in [0.1, 0.15) is 9.84 Å². The van der Waals surface area contributed by atoms with Gasteiger partial charge in [0.25, 0.3) is 0 Å². The van der Waals surface area contributed by atoms with E-state index in [0.717, 1.165) is 29.7 Å². The molecule has 0 aliphatic carbocycles. The van der Waals surface area contributed by atoms with Crippen molar-refractivity contribution >= 4 is 32.2 Å². The first-order chi connectivity index (χ1) is 10.2. The molecule has 2 rings (SSSR count). The fourth-order valence-corrected chi connectivity index (χ4v) is 2.87. The molecule has 1 N–H and O–H groups in total. The van der Waals surface area contributed by atoms with E-state index in [-0.39, 0.29) is 17.3 Å². The van der Waals surface area contributed by atoms with Crippen LogP contribution in [0.5, 0.6) is 0 Å². The van der Waals surface area contributed by atoms with Crippen molar-refractivity contribution in [2.75, 3.05) is 17.3 Å². The van der Waals surface area contributed by atoms with E-state index in [2.05, 4.69) is 10.3 Å². The first-order valence-corrected chi connectivity index (χ1v) is 9.07. The number of thiazole rings is 1. The highest BCUT2D eigenvalue weighted by Gasteiger charge is 2.12. The van der Waals surface area contributed by atoms with Crippen LogP contribution in [0.25, 0.3) is 11.3 Å². The lowest BCUT2D eigenvalue weighted by Crippen LogP contribution is -2.16. The van der Waals surface area contributed by atoms with Crippen molar-refractivity contribution in [3.8, 4) is 11.3 Å². The summed E-state index contributed by atoms with van der Waals surface area (Å²) in [7, 11) is -3.21. The lowest BCUT2D eigenvalue weighted by Gasteiger charge is -2.01. The quantitative estimate of drug-likeness (QED) is 0.902. The van der Waals surface area contributed by atoms with Crippen molar-refractivity contribution < 1.29 is 22.0 Å². The van der Waals surface area contributed by atoms with Gasteiger partial charge >= 0.3 is 0 Å². The highest BCUT2D eigenvalue weighted by molar-refractivity contribution is 7.90. The fraction of sp³-hybridized carbons (Fsp3) is 0.231. The molecule has 5 nitrogen and oxygen atoms in total. The van der Waals surface area contributed by atoms with E-state index in [1.54, 1.807) is 5.38 Å². The molecular formula is C13H12F2N2O3S2. The molecule has 0 aliphatic rings. The summed E-state index contributed by atoms with van der Waals surface area (Å²) >= 11 is 1.11. The molecule has 0 unspecified atom stereocenters. The molecule has 1 aromatic heterocycles. The van der Waals surface area contributed by atoms with Gasteiger partial charge in [0, 0.05) is 23.6 Å². The Hall–Kier alpha value is -1.87. The second-order valence-corrected chi connectivity index (χ2v) is 7.71. The minimum Gasteiger partial charge on any atom is -0.302 e. The van der Waals surface area contributed by atoms with Crippen molar-refractivity contribution in [1.82, 2.24) is 4.98 Å². The minimum atomic E-state index is -3.21. The maximum Gasteiger partial charge on any atom is 0.227 e. The third-order valence-electron chi connectivity index (χ3n) is 2.67. The summed E-state index contributed by atoms with van der Waals surface area (Å²) in [4.78, 5) is 15.7. The van der Waals surface area contributed by atoms with Crippen LogP contribution >= 0.6 is 11.3 Å². The van der Waals surface area contributed by atoms with Gasteiger partial charge in [-0.2, -0.15) is 0 Å². The monoisotopic (exact) mass is 346 g/mol. The molecule has 1 amide bonds. The number of anilines is 1. The lowest BCUT2D eigenvalue weighted by molar-refractivity contribution is -0.115. The zero-order valence-corrected chi connectivity index (χ0v) is 13.1. The third kappa shape index (κ3) is 4.57. The molecule has 9 heteroatoms. The molecule has 1 aromatic carbocycles. The van der Waals surface area contributed by atoms with Crippen molar-refractivity contribution in [2.45, 2.75) is 6.42 Å². The zero-order valence-electron chi connectivity index (χ0n) is 11.5. The number of hydrogen-bond donors (Lipinski definition) is 1. The number of halogens is 2. The molecule has 2 aromatic rings. The molecule has 118 valence electrons. The predicted octanol–water partition coefficient (Wildman–Crippen LogP) is 2.46. The van der Waals surface area contributed by atoms with Gasteiger partial charge in [0.05, 0.1) is 11.4 Å². The van der Waals surface area contributed by atoms with Crippen LogP contribution in [-0.4, -0.2) is 31.3 Å². The summed E-state index contributed by atoms with van der Waals surface area (Å²) in [6, 6.07) is 3.39. The van der Waals surface area contributed by atoms with E-state index in [9.17, 15) is 22.0 Å². The molecule has 0 aliphatic heterocycles. The zero-order chi connectivity index (χ0) is 16.3. The molecule has 0 spiro atoms. The van der Waals surface area contributed by atoms with E-state index >= 15 is 0 Å². The van der Waals surface area contributed by atoms with Gasteiger partial charge in [-0.05, 0) is 18.2 Å². The number of carbonyl (C=O) groups excluding carboxylic acids is 1. The van der Waals surface area contributed by atoms with E-state index in [0.29, 0.717) is 11.3 Å². The number of nitrogens with one attached hydrogen (secondary N) is 1. The lowest BCUT2D eigenvalue weighted by atomic mass is 10.2. The molecular weight excluding hydrogens is 334 g/mol. The average Bonchev–Trinajstić information content (AvgIpc) is 2.87. The summed E-state index contributed by atoms with van der Waals surface area (Å²) in [5.41, 5.74) is 0.772. The van der Waals surface area contributed by atoms with Crippen LogP contribution in [-0.2, 0) is 14.6 Å². The first-order valence-electron chi connectivity index (χ1n) is 6.13. The number of amides is 1. The molecule has 0 atom stereocenters. The van der Waals surface area contributed by atoms with Crippen molar-refractivity contribution in [3.05, 3.63) is 35.2 Å². The van der Waals surface area contributed by atoms with E-state index in [1.807, 2.05) is 0 Å². The first kappa shape index (κ1) is 16.5. The second kappa shape index (κ2) is 6.49. The normalized spacial score (nSPS) is 11.4. The van der Waals surface area contributed by atoms with E-state index in [4.69, 9.17) is 0 Å². The highest BCUT2D eigenvalue weighted by atomic mass is 32.2. The second-order valence-electron chi connectivity index (χ2n) is 4.59. The number of aromatic nitrogens is 1. The summed E-state index contributed by atoms with van der Waals surface area (Å²) < 4.78 is 48.0. The smallest absolute Gasteiger partial charge is 0.227 e. The number of carbonyl (C=O) groups is 1. The number of rotatable bonds is 5. The summed E-state index contributed by atoms with van der Waals surface area (Å²) in [6.45, 7) is 0. The Morgan fingerprint density at radius 1 is 1.32 bits per heavy atom. The van der Waals surface area contributed by atoms with Gasteiger partial charge in [-0.25, -0.2) is 22.2 Å². The number of hydrogen-bond acceptors (Lipinski definition) is 5. The van der Waals surface area contributed by atoms with Crippen molar-refractivity contribution in [1.29, 1.82) is 0 Å². The fourth-order valence-electron chi connectivity index (χ4n) is 1.58. The van der Waals surface area contributed by atoms with Gasteiger partial charge in [-0.1, -0.05) is 0 Å². The topological polar surface area (TPSA) is 76.1 Å². The summed E-state index contributed by atoms with van der Waals surface area (Å²) in [6.07, 6.45) is 0.879. The Morgan fingerprint density at radius 3 is 2.68 bits per heavy atom. The molecule has 0 fully saturated rings. The molecule has 0 radical (unpaired) electrons. The maximum atomic E-state index is 13.2. The highest BCUT2D eigenvalue weighted by Crippen LogP contribution is 2.26. The van der Waals surface area contributed by atoms with Crippen LogP contribution in [0, 0.1) is 11.6 Å². The Bertz CT molecular complexity index is 803. The van der Waals surface area contributed by atoms with Gasteiger partial charge in [-0.15, -0.1) is 11.3 Å². The largest absolute Gasteiger partial charge is 0.302 e. The van der Waals surface area contributed by atoms with Crippen LogP contribution in [0.15, 0.2) is 23.6 Å². The van der Waals surface area contributed by atoms with Crippen LogP contribution in [0.2, 0.25) is 0 Å². The van der Waals surface area contributed by atoms with Crippen LogP contribution in [0.3, 0.4) is 0 Å². The predicted molar refractivity (Wildman–Crippen MR) is 80.4 cm³/mol. The van der Waals surface area contributed by atoms with Gasteiger partial charge in [0.15, 0.2) is 16.8 Å². The maximum absolute atomic E-state index is 13.2. The SMILES string of the molecule is CS(=O)(=O)CCC(=O)Nc1nc(-c2ccc(F)c(F)c2)cs1. The van der Waals surface area contributed by atoms with Crippen LogP contribution in [0.1, 0.15) is 6.42 Å². The van der Waals surface area contributed by atoms with Crippen LogP contribution in [0.4, 0.5) is 13.9 Å². The average molecular weight is 346 g/mol. The van der Waals surface area contributed by atoms with E-state index in [1.165, 1.54) is 6.07 Å². The van der Waals surface area contributed by atoms with Crippen molar-refractivity contribution in [3.63, 3.8) is 0 Å². The van der Waals surface area contributed by atoms with E-state index < -0.39 is 27.4 Å².